The summed E-state index contributed by atoms with van der Waals surface area (Å²) in [7, 11) is -1.98. The Bertz CT molecular complexity index is 1040. The number of aryl methyl sites for hydroxylation is 1. The Hall–Kier alpha value is -2.52. The molecule has 0 saturated carbocycles. The summed E-state index contributed by atoms with van der Waals surface area (Å²) in [6.07, 6.45) is 6.38. The maximum Gasteiger partial charge on any atom is 0.262 e. The largest absolute Gasteiger partial charge is 0.444 e. The standard InChI is InChI=1S/C18H19FN4O3S/c1-22-11-17(21-12-22)27(24,25)23-8-2-3-16(23)18-20-10-15(26-18)9-13-4-6-14(19)7-5-13/h4-7,10-12,16H,2-3,8-9H2,1H3/t16-/m1/s1. The maximum atomic E-state index is 13.0. The van der Waals surface area contributed by atoms with Crippen LogP contribution in [-0.4, -0.2) is 33.8 Å². The summed E-state index contributed by atoms with van der Waals surface area (Å²) in [5.74, 6) is 0.696. The zero-order valence-corrected chi connectivity index (χ0v) is 15.6. The van der Waals surface area contributed by atoms with Crippen molar-refractivity contribution in [3.63, 3.8) is 0 Å². The van der Waals surface area contributed by atoms with Crippen molar-refractivity contribution in [1.82, 2.24) is 18.8 Å². The van der Waals surface area contributed by atoms with Crippen LogP contribution in [0.1, 0.15) is 36.1 Å². The van der Waals surface area contributed by atoms with Gasteiger partial charge in [-0.15, -0.1) is 0 Å². The van der Waals surface area contributed by atoms with Gasteiger partial charge in [0.15, 0.2) is 5.03 Å². The average Bonchev–Trinajstić information content (AvgIpc) is 3.37. The van der Waals surface area contributed by atoms with Crippen molar-refractivity contribution in [1.29, 1.82) is 0 Å². The summed E-state index contributed by atoms with van der Waals surface area (Å²) < 4.78 is 47.7. The minimum Gasteiger partial charge on any atom is -0.444 e. The van der Waals surface area contributed by atoms with Crippen molar-refractivity contribution in [2.45, 2.75) is 30.3 Å². The highest BCUT2D eigenvalue weighted by Crippen LogP contribution is 2.36. The van der Waals surface area contributed by atoms with Gasteiger partial charge in [-0.25, -0.2) is 22.8 Å². The number of imidazole rings is 1. The molecular weight excluding hydrogens is 371 g/mol. The molecule has 0 bridgehead atoms. The van der Waals surface area contributed by atoms with E-state index in [1.54, 1.807) is 29.9 Å². The second-order valence-electron chi connectivity index (χ2n) is 6.62. The number of aromatic nitrogens is 3. The molecule has 0 aliphatic carbocycles. The lowest BCUT2D eigenvalue weighted by Gasteiger charge is -2.20. The van der Waals surface area contributed by atoms with Crippen molar-refractivity contribution in [3.05, 3.63) is 66.0 Å². The number of halogens is 1. The topological polar surface area (TPSA) is 81.2 Å². The number of sulfonamides is 1. The van der Waals surface area contributed by atoms with Crippen LogP contribution in [0.25, 0.3) is 0 Å². The lowest BCUT2D eigenvalue weighted by Crippen LogP contribution is -2.31. The van der Waals surface area contributed by atoms with Crippen molar-refractivity contribution in [2.75, 3.05) is 6.54 Å². The third-order valence-electron chi connectivity index (χ3n) is 4.61. The smallest absolute Gasteiger partial charge is 0.262 e. The fraction of sp³-hybridized carbons (Fsp3) is 0.333. The maximum absolute atomic E-state index is 13.0. The van der Waals surface area contributed by atoms with Crippen LogP contribution in [0.2, 0.25) is 0 Å². The van der Waals surface area contributed by atoms with Gasteiger partial charge in [0.05, 0.1) is 12.5 Å². The normalized spacial score (nSPS) is 18.2. The molecule has 1 aliphatic rings. The predicted molar refractivity (Wildman–Crippen MR) is 94.8 cm³/mol. The molecule has 2 aromatic heterocycles. The summed E-state index contributed by atoms with van der Waals surface area (Å²) in [6, 6.07) is 5.71. The van der Waals surface area contributed by atoms with Crippen molar-refractivity contribution in [3.8, 4) is 0 Å². The molecule has 3 aromatic rings. The minimum absolute atomic E-state index is 0.0231. The van der Waals surface area contributed by atoms with Crippen LogP contribution in [0.5, 0.6) is 0 Å². The molecule has 0 N–H and O–H groups in total. The summed E-state index contributed by atoms with van der Waals surface area (Å²) in [6.45, 7) is 0.402. The Morgan fingerprint density at radius 2 is 2.04 bits per heavy atom. The van der Waals surface area contributed by atoms with Gasteiger partial charge in [-0.1, -0.05) is 12.1 Å². The van der Waals surface area contributed by atoms with E-state index in [-0.39, 0.29) is 10.8 Å². The van der Waals surface area contributed by atoms with Crippen LogP contribution in [0.4, 0.5) is 4.39 Å². The van der Waals surface area contributed by atoms with Crippen LogP contribution < -0.4 is 0 Å². The summed E-state index contributed by atoms with van der Waals surface area (Å²) in [4.78, 5) is 8.28. The molecule has 27 heavy (non-hydrogen) atoms. The SMILES string of the molecule is Cn1cnc(S(=O)(=O)N2CCC[C@@H]2c2ncc(Cc3ccc(F)cc3)o2)c1. The van der Waals surface area contributed by atoms with Crippen LogP contribution in [0.15, 0.2) is 52.4 Å². The van der Waals surface area contributed by atoms with Gasteiger partial charge in [-0.05, 0) is 30.5 Å². The van der Waals surface area contributed by atoms with Gasteiger partial charge in [0.1, 0.15) is 17.6 Å². The fourth-order valence-electron chi connectivity index (χ4n) is 3.28. The van der Waals surface area contributed by atoms with Crippen molar-refractivity contribution < 1.29 is 17.2 Å². The first kappa shape index (κ1) is 17.9. The highest BCUT2D eigenvalue weighted by molar-refractivity contribution is 7.89. The van der Waals surface area contributed by atoms with Gasteiger partial charge in [-0.2, -0.15) is 4.31 Å². The Morgan fingerprint density at radius 1 is 1.26 bits per heavy atom. The average molecular weight is 390 g/mol. The van der Waals surface area contributed by atoms with Gasteiger partial charge < -0.3 is 8.98 Å². The third-order valence-corrected chi connectivity index (χ3v) is 6.40. The van der Waals surface area contributed by atoms with Gasteiger partial charge in [0, 0.05) is 26.2 Å². The van der Waals surface area contributed by atoms with Crippen LogP contribution in [-0.2, 0) is 23.5 Å². The molecule has 0 radical (unpaired) electrons. The second kappa shape index (κ2) is 6.90. The molecule has 0 spiro atoms. The molecule has 142 valence electrons. The Morgan fingerprint density at radius 3 is 2.74 bits per heavy atom. The molecule has 4 rings (SSSR count). The first-order valence-electron chi connectivity index (χ1n) is 8.62. The molecule has 1 aliphatic heterocycles. The highest BCUT2D eigenvalue weighted by atomic mass is 32.2. The first-order chi connectivity index (χ1) is 12.9. The molecule has 1 saturated heterocycles. The van der Waals surface area contributed by atoms with Gasteiger partial charge in [0.2, 0.25) is 5.89 Å². The zero-order chi connectivity index (χ0) is 19.0. The van der Waals surface area contributed by atoms with E-state index in [9.17, 15) is 12.8 Å². The Labute approximate surface area is 156 Å². The van der Waals surface area contributed by atoms with Crippen LogP contribution in [0.3, 0.4) is 0 Å². The molecule has 9 heteroatoms. The minimum atomic E-state index is -3.71. The molecule has 3 heterocycles. The molecule has 7 nitrogen and oxygen atoms in total. The monoisotopic (exact) mass is 390 g/mol. The van der Waals surface area contributed by atoms with Crippen LogP contribution in [0, 0.1) is 5.82 Å². The lowest BCUT2D eigenvalue weighted by atomic mass is 10.1. The third kappa shape index (κ3) is 3.52. The fourth-order valence-corrected chi connectivity index (χ4v) is 4.90. The number of rotatable bonds is 5. The van der Waals surface area contributed by atoms with E-state index in [4.69, 9.17) is 4.42 Å². The Kier molecular flexibility index (Phi) is 4.56. The molecule has 1 aromatic carbocycles. The number of benzene rings is 1. The van der Waals surface area contributed by atoms with E-state index in [1.165, 1.54) is 29.0 Å². The Balaban J connectivity index is 1.56. The quantitative estimate of drug-likeness (QED) is 0.669. The van der Waals surface area contributed by atoms with E-state index in [2.05, 4.69) is 9.97 Å². The van der Waals surface area contributed by atoms with Crippen molar-refractivity contribution >= 4 is 10.0 Å². The number of hydrogen-bond acceptors (Lipinski definition) is 5. The van der Waals surface area contributed by atoms with E-state index >= 15 is 0 Å². The number of oxazole rings is 1. The molecule has 1 atom stereocenters. The predicted octanol–water partition coefficient (Wildman–Crippen LogP) is 2.66. The van der Waals surface area contributed by atoms with Crippen LogP contribution >= 0.6 is 0 Å². The summed E-state index contributed by atoms with van der Waals surface area (Å²) >= 11 is 0. The highest BCUT2D eigenvalue weighted by Gasteiger charge is 2.39. The first-order valence-corrected chi connectivity index (χ1v) is 10.1. The summed E-state index contributed by atoms with van der Waals surface area (Å²) in [5.41, 5.74) is 0.892. The summed E-state index contributed by atoms with van der Waals surface area (Å²) in [5, 5.41) is 0.0231. The second-order valence-corrected chi connectivity index (χ2v) is 8.46. The lowest BCUT2D eigenvalue weighted by molar-refractivity contribution is 0.321. The van der Waals surface area contributed by atoms with E-state index in [0.717, 1.165) is 12.0 Å². The molecule has 0 unspecified atom stereocenters. The van der Waals surface area contributed by atoms with Gasteiger partial charge in [0.25, 0.3) is 10.0 Å². The van der Waals surface area contributed by atoms with Crippen molar-refractivity contribution in [2.24, 2.45) is 7.05 Å². The zero-order valence-electron chi connectivity index (χ0n) is 14.7. The molecule has 0 amide bonds. The van der Waals surface area contributed by atoms with E-state index in [1.807, 2.05) is 0 Å². The van der Waals surface area contributed by atoms with Gasteiger partial charge in [-0.3, -0.25) is 0 Å². The number of hydrogen-bond donors (Lipinski definition) is 0. The molecule has 1 fully saturated rings. The van der Waals surface area contributed by atoms with E-state index < -0.39 is 16.1 Å². The van der Waals surface area contributed by atoms with E-state index in [0.29, 0.717) is 31.0 Å². The number of nitrogens with zero attached hydrogens (tertiary/aromatic N) is 4. The van der Waals surface area contributed by atoms with Gasteiger partial charge >= 0.3 is 0 Å². The molecular formula is C18H19FN4O3S.